The van der Waals surface area contributed by atoms with Crippen LogP contribution in [0.1, 0.15) is 12.8 Å². The third kappa shape index (κ3) is 7.80. The van der Waals surface area contributed by atoms with E-state index < -0.39 is 10.2 Å². The Hall–Kier alpha value is -0.870. The molecule has 1 aromatic rings. The van der Waals surface area contributed by atoms with Gasteiger partial charge in [-0.05, 0) is 24.6 Å². The molecular weight excluding hydrogens is 422 g/mol. The lowest BCUT2D eigenvalue weighted by Gasteiger charge is -2.12. The van der Waals surface area contributed by atoms with E-state index in [-0.39, 0.29) is 25.4 Å². The fraction of sp³-hybridized carbons (Fsp3) is 0.500. The molecule has 0 heterocycles. The summed E-state index contributed by atoms with van der Waals surface area (Å²) in [5, 5.41) is 3.14. The first-order chi connectivity index (χ1) is 11.2. The summed E-state index contributed by atoms with van der Waals surface area (Å²) in [4.78, 5) is 11.6. The molecule has 0 spiro atoms. The van der Waals surface area contributed by atoms with Gasteiger partial charge in [-0.15, -0.1) is 0 Å². The number of carbonyl (C=O) groups is 1. The van der Waals surface area contributed by atoms with Gasteiger partial charge in [0.15, 0.2) is 0 Å². The minimum Gasteiger partial charge on any atom is -0.492 e. The number of rotatable bonds is 10. The molecule has 7 nitrogen and oxygen atoms in total. The maximum atomic E-state index is 11.6. The average Bonchev–Trinajstić information content (AvgIpc) is 2.49. The minimum absolute atomic E-state index is 0.136. The zero-order chi connectivity index (χ0) is 18.2. The van der Waals surface area contributed by atoms with Crippen LogP contribution in [0.15, 0.2) is 22.7 Å². The molecule has 10 heteroatoms. The Bertz CT molecular complexity index is 655. The van der Waals surface area contributed by atoms with Crippen molar-refractivity contribution >= 4 is 43.6 Å². The number of nitrogens with one attached hydrogen (secondary N) is 2. The first kappa shape index (κ1) is 21.2. The van der Waals surface area contributed by atoms with Gasteiger partial charge in [0.05, 0.1) is 11.6 Å². The van der Waals surface area contributed by atoms with Crippen molar-refractivity contribution in [2.75, 3.05) is 33.8 Å². The van der Waals surface area contributed by atoms with Gasteiger partial charge in [-0.1, -0.05) is 27.5 Å². The topological polar surface area (TPSA) is 87.7 Å². The van der Waals surface area contributed by atoms with E-state index in [2.05, 4.69) is 26.0 Å². The molecule has 0 aliphatic carbocycles. The van der Waals surface area contributed by atoms with Gasteiger partial charge in [0.2, 0.25) is 5.91 Å². The van der Waals surface area contributed by atoms with Crippen LogP contribution in [0.25, 0.3) is 0 Å². The molecule has 0 radical (unpaired) electrons. The summed E-state index contributed by atoms with van der Waals surface area (Å²) in [6, 6.07) is 5.31. The Morgan fingerprint density at radius 2 is 2.04 bits per heavy atom. The molecule has 0 aromatic heterocycles. The highest BCUT2D eigenvalue weighted by molar-refractivity contribution is 9.10. The van der Waals surface area contributed by atoms with Gasteiger partial charge in [-0.25, -0.2) is 4.72 Å². The molecule has 0 atom stereocenters. The van der Waals surface area contributed by atoms with Crippen LogP contribution in [0.2, 0.25) is 5.02 Å². The molecule has 1 amide bonds. The van der Waals surface area contributed by atoms with Gasteiger partial charge in [-0.2, -0.15) is 12.7 Å². The zero-order valence-electron chi connectivity index (χ0n) is 13.5. The van der Waals surface area contributed by atoms with Crippen molar-refractivity contribution < 1.29 is 17.9 Å². The summed E-state index contributed by atoms with van der Waals surface area (Å²) in [5.41, 5.74) is 0. The van der Waals surface area contributed by atoms with Crippen LogP contribution >= 0.6 is 27.5 Å². The van der Waals surface area contributed by atoms with E-state index >= 15 is 0 Å². The van der Waals surface area contributed by atoms with E-state index in [1.807, 2.05) is 6.07 Å². The molecule has 0 aliphatic rings. The van der Waals surface area contributed by atoms with Crippen LogP contribution in [0.5, 0.6) is 5.75 Å². The number of hydrogen-bond acceptors (Lipinski definition) is 4. The van der Waals surface area contributed by atoms with Crippen LogP contribution < -0.4 is 14.8 Å². The minimum atomic E-state index is -3.46. The lowest BCUT2D eigenvalue weighted by molar-refractivity contribution is -0.121. The van der Waals surface area contributed by atoms with Crippen molar-refractivity contribution in [2.45, 2.75) is 12.8 Å². The second-order valence-corrected chi connectivity index (χ2v) is 8.35. The number of amides is 1. The second kappa shape index (κ2) is 10.2. The molecule has 0 saturated heterocycles. The third-order valence-electron chi connectivity index (χ3n) is 2.91. The van der Waals surface area contributed by atoms with Crippen LogP contribution in [-0.4, -0.2) is 52.4 Å². The number of carbonyl (C=O) groups excluding carboxylic acids is 1. The Labute approximate surface area is 156 Å². The molecule has 0 bridgehead atoms. The number of nitrogens with zero attached hydrogens (tertiary/aromatic N) is 1. The molecule has 1 rings (SSSR count). The highest BCUT2D eigenvalue weighted by Gasteiger charge is 2.11. The van der Waals surface area contributed by atoms with E-state index in [0.29, 0.717) is 23.8 Å². The standard InChI is InChI=1S/C14H21BrClN3O4S/c1-19(2)24(21,22)18-8-7-17-14(20)4-3-9-23-13-6-5-11(15)10-12(13)16/h5-6,10,18H,3-4,7-9H2,1-2H3,(H,17,20). The zero-order valence-corrected chi connectivity index (χ0v) is 16.7. The normalized spacial score (nSPS) is 11.5. The van der Waals surface area contributed by atoms with Crippen molar-refractivity contribution in [1.82, 2.24) is 14.3 Å². The first-order valence-corrected chi connectivity index (χ1v) is 9.85. The maximum absolute atomic E-state index is 11.6. The number of hydrogen-bond donors (Lipinski definition) is 2. The average molecular weight is 443 g/mol. The van der Waals surface area contributed by atoms with E-state index in [4.69, 9.17) is 16.3 Å². The SMILES string of the molecule is CN(C)S(=O)(=O)NCCNC(=O)CCCOc1ccc(Br)cc1Cl. The van der Waals surface area contributed by atoms with Gasteiger partial charge >= 0.3 is 0 Å². The van der Waals surface area contributed by atoms with Gasteiger partial charge in [0.25, 0.3) is 10.2 Å². The van der Waals surface area contributed by atoms with Crippen molar-refractivity contribution in [1.29, 1.82) is 0 Å². The summed E-state index contributed by atoms with van der Waals surface area (Å²) >= 11 is 9.33. The van der Waals surface area contributed by atoms with Crippen LogP contribution in [-0.2, 0) is 15.0 Å². The Morgan fingerprint density at radius 3 is 2.67 bits per heavy atom. The monoisotopic (exact) mass is 441 g/mol. The highest BCUT2D eigenvalue weighted by atomic mass is 79.9. The maximum Gasteiger partial charge on any atom is 0.278 e. The quantitative estimate of drug-likeness (QED) is 0.541. The molecule has 0 fully saturated rings. The fourth-order valence-electron chi connectivity index (χ4n) is 1.61. The lowest BCUT2D eigenvalue weighted by Crippen LogP contribution is -2.40. The summed E-state index contributed by atoms with van der Waals surface area (Å²) < 4.78 is 32.7. The van der Waals surface area contributed by atoms with Crippen molar-refractivity contribution in [3.8, 4) is 5.75 Å². The number of ether oxygens (including phenoxy) is 1. The molecule has 0 unspecified atom stereocenters. The molecule has 136 valence electrons. The van der Waals surface area contributed by atoms with Crippen molar-refractivity contribution in [3.63, 3.8) is 0 Å². The number of halogens is 2. The third-order valence-corrected chi connectivity index (χ3v) is 5.23. The van der Waals surface area contributed by atoms with Crippen molar-refractivity contribution in [2.24, 2.45) is 0 Å². The summed E-state index contributed by atoms with van der Waals surface area (Å²) in [6.07, 6.45) is 0.816. The fourth-order valence-corrected chi connectivity index (χ4v) is 2.95. The van der Waals surface area contributed by atoms with E-state index in [9.17, 15) is 13.2 Å². The van der Waals surface area contributed by atoms with Crippen LogP contribution in [0, 0.1) is 0 Å². The number of benzene rings is 1. The van der Waals surface area contributed by atoms with Crippen LogP contribution in [0.3, 0.4) is 0 Å². The lowest BCUT2D eigenvalue weighted by atomic mass is 10.3. The molecule has 0 saturated carbocycles. The van der Waals surface area contributed by atoms with E-state index in [1.165, 1.54) is 14.1 Å². The summed E-state index contributed by atoms with van der Waals surface area (Å²) in [6.45, 7) is 0.727. The van der Waals surface area contributed by atoms with Gasteiger partial charge in [0, 0.05) is 38.1 Å². The molecule has 2 N–H and O–H groups in total. The van der Waals surface area contributed by atoms with E-state index in [0.717, 1.165) is 8.78 Å². The van der Waals surface area contributed by atoms with Crippen molar-refractivity contribution in [3.05, 3.63) is 27.7 Å². The summed E-state index contributed by atoms with van der Waals surface area (Å²) in [5.74, 6) is 0.405. The largest absolute Gasteiger partial charge is 0.492 e. The predicted octanol–water partition coefficient (Wildman–Crippen LogP) is 1.77. The Balaban J connectivity index is 2.16. The van der Waals surface area contributed by atoms with E-state index in [1.54, 1.807) is 12.1 Å². The smallest absolute Gasteiger partial charge is 0.278 e. The summed E-state index contributed by atoms with van der Waals surface area (Å²) in [7, 11) is -0.600. The van der Waals surface area contributed by atoms with Gasteiger partial charge in [0.1, 0.15) is 5.75 Å². The van der Waals surface area contributed by atoms with Crippen LogP contribution in [0.4, 0.5) is 0 Å². The van der Waals surface area contributed by atoms with Gasteiger partial charge in [-0.3, -0.25) is 4.79 Å². The molecule has 1 aromatic carbocycles. The molecular formula is C14H21BrClN3O4S. The molecule has 24 heavy (non-hydrogen) atoms. The molecule has 0 aliphatic heterocycles. The second-order valence-electron chi connectivity index (χ2n) is 5.06. The highest BCUT2D eigenvalue weighted by Crippen LogP contribution is 2.27. The Morgan fingerprint density at radius 1 is 1.33 bits per heavy atom. The predicted molar refractivity (Wildman–Crippen MR) is 97.5 cm³/mol. The first-order valence-electron chi connectivity index (χ1n) is 7.24. The Kier molecular flexibility index (Phi) is 8.99. The van der Waals surface area contributed by atoms with Gasteiger partial charge < -0.3 is 10.1 Å².